The molecule has 0 bridgehead atoms. The Labute approximate surface area is 121 Å². The Hall–Kier alpha value is -2.22. The number of aromatic nitrogens is 4. The first-order valence-corrected chi connectivity index (χ1v) is 6.87. The molecule has 8 heteroatoms. The van der Waals surface area contributed by atoms with E-state index in [2.05, 4.69) is 15.3 Å². The van der Waals surface area contributed by atoms with Crippen LogP contribution in [0.15, 0.2) is 42.0 Å². The Bertz CT molecular complexity index is 734. The van der Waals surface area contributed by atoms with E-state index >= 15 is 0 Å². The van der Waals surface area contributed by atoms with Gasteiger partial charge in [0.25, 0.3) is 0 Å². The fourth-order valence-electron chi connectivity index (χ4n) is 1.92. The van der Waals surface area contributed by atoms with Crippen molar-refractivity contribution in [2.24, 2.45) is 0 Å². The van der Waals surface area contributed by atoms with Crippen molar-refractivity contribution in [1.82, 2.24) is 20.0 Å². The lowest BCUT2D eigenvalue weighted by Gasteiger charge is -2.10. The molecule has 0 spiro atoms. The monoisotopic (exact) mass is 310 g/mol. The van der Waals surface area contributed by atoms with Crippen molar-refractivity contribution in [2.45, 2.75) is 12.7 Å². The van der Waals surface area contributed by atoms with E-state index in [0.29, 0.717) is 17.2 Å². The average molecular weight is 310 g/mol. The minimum absolute atomic E-state index is 0.0890. The average Bonchev–Trinajstić information content (AvgIpc) is 3.10. The third-order valence-electron chi connectivity index (χ3n) is 2.83. The van der Waals surface area contributed by atoms with Crippen LogP contribution in [0.4, 0.5) is 13.2 Å². The van der Waals surface area contributed by atoms with Crippen molar-refractivity contribution in [1.29, 1.82) is 0 Å². The van der Waals surface area contributed by atoms with Gasteiger partial charge in [0.2, 0.25) is 0 Å². The van der Waals surface area contributed by atoms with Crippen molar-refractivity contribution in [3.63, 3.8) is 0 Å². The van der Waals surface area contributed by atoms with Gasteiger partial charge in [0.1, 0.15) is 5.01 Å². The maximum absolute atomic E-state index is 13.0. The van der Waals surface area contributed by atoms with E-state index in [1.807, 2.05) is 0 Å². The topological polar surface area (TPSA) is 43.6 Å². The molecule has 0 unspecified atom stereocenters. The van der Waals surface area contributed by atoms with Crippen LogP contribution < -0.4 is 0 Å². The highest BCUT2D eigenvalue weighted by Gasteiger charge is 2.33. The van der Waals surface area contributed by atoms with Gasteiger partial charge in [-0.3, -0.25) is 0 Å². The van der Waals surface area contributed by atoms with Crippen LogP contribution in [-0.2, 0) is 12.7 Å². The Balaban J connectivity index is 1.93. The molecular formula is C13H9F3N4S. The van der Waals surface area contributed by atoms with Crippen molar-refractivity contribution in [2.75, 3.05) is 0 Å². The lowest BCUT2D eigenvalue weighted by molar-refractivity contribution is -0.137. The van der Waals surface area contributed by atoms with Crippen LogP contribution in [0, 0.1) is 0 Å². The minimum atomic E-state index is -4.40. The number of hydrogen-bond acceptors (Lipinski definition) is 4. The molecule has 4 nitrogen and oxygen atoms in total. The van der Waals surface area contributed by atoms with Gasteiger partial charge in [-0.2, -0.15) is 13.2 Å². The van der Waals surface area contributed by atoms with E-state index in [1.54, 1.807) is 22.3 Å². The number of halogens is 3. The standard InChI is InChI=1S/C13H9F3N4S/c14-13(15,16)10-4-2-1-3-9(10)11-8-21-12(18-11)7-20-6-5-17-19-20/h1-6,8H,7H2. The number of nitrogens with zero attached hydrogens (tertiary/aromatic N) is 4. The van der Waals surface area contributed by atoms with Crippen molar-refractivity contribution >= 4 is 11.3 Å². The third kappa shape index (κ3) is 2.94. The fourth-order valence-corrected chi connectivity index (χ4v) is 2.70. The number of benzene rings is 1. The third-order valence-corrected chi connectivity index (χ3v) is 3.66. The highest BCUT2D eigenvalue weighted by atomic mass is 32.1. The van der Waals surface area contributed by atoms with E-state index in [0.717, 1.165) is 6.07 Å². The first-order valence-electron chi connectivity index (χ1n) is 5.99. The summed E-state index contributed by atoms with van der Waals surface area (Å²) in [6.45, 7) is 0.388. The number of thiazole rings is 1. The first kappa shape index (κ1) is 13.7. The van der Waals surface area contributed by atoms with Gasteiger partial charge in [0.15, 0.2) is 0 Å². The molecule has 0 radical (unpaired) electrons. The summed E-state index contributed by atoms with van der Waals surface area (Å²) in [4.78, 5) is 4.26. The van der Waals surface area contributed by atoms with Gasteiger partial charge in [-0.05, 0) is 6.07 Å². The van der Waals surface area contributed by atoms with Crippen molar-refractivity contribution in [3.8, 4) is 11.3 Å². The molecule has 0 N–H and O–H groups in total. The van der Waals surface area contributed by atoms with Crippen LogP contribution >= 0.6 is 11.3 Å². The second kappa shape index (κ2) is 5.28. The summed E-state index contributed by atoms with van der Waals surface area (Å²) in [7, 11) is 0. The van der Waals surface area contributed by atoms with Gasteiger partial charge >= 0.3 is 6.18 Å². The molecule has 21 heavy (non-hydrogen) atoms. The van der Waals surface area contributed by atoms with Crippen LogP contribution in [0.3, 0.4) is 0 Å². The second-order valence-electron chi connectivity index (χ2n) is 4.27. The quantitative estimate of drug-likeness (QED) is 0.744. The molecule has 0 atom stereocenters. The number of rotatable bonds is 3. The molecule has 0 fully saturated rings. The molecule has 108 valence electrons. The van der Waals surface area contributed by atoms with E-state index in [4.69, 9.17) is 0 Å². The van der Waals surface area contributed by atoms with Crippen molar-refractivity contribution in [3.05, 3.63) is 52.6 Å². The summed E-state index contributed by atoms with van der Waals surface area (Å²) >= 11 is 1.29. The van der Waals surface area contributed by atoms with Crippen LogP contribution in [0.2, 0.25) is 0 Å². The Morgan fingerprint density at radius 3 is 2.71 bits per heavy atom. The highest BCUT2D eigenvalue weighted by molar-refractivity contribution is 7.09. The fraction of sp³-hybridized carbons (Fsp3) is 0.154. The molecule has 3 aromatic rings. The maximum Gasteiger partial charge on any atom is 0.417 e. The number of hydrogen-bond donors (Lipinski definition) is 0. The van der Waals surface area contributed by atoms with Crippen LogP contribution in [0.25, 0.3) is 11.3 Å². The zero-order chi connectivity index (χ0) is 14.9. The molecule has 2 aromatic heterocycles. The molecule has 0 saturated heterocycles. The Morgan fingerprint density at radius 1 is 1.19 bits per heavy atom. The van der Waals surface area contributed by atoms with Gasteiger partial charge in [0.05, 0.1) is 24.0 Å². The van der Waals surface area contributed by atoms with Crippen LogP contribution in [-0.4, -0.2) is 20.0 Å². The van der Waals surface area contributed by atoms with Gasteiger partial charge in [-0.25, -0.2) is 9.67 Å². The molecular weight excluding hydrogens is 301 g/mol. The molecule has 0 amide bonds. The summed E-state index contributed by atoms with van der Waals surface area (Å²) in [5.41, 5.74) is -0.267. The van der Waals surface area contributed by atoms with Gasteiger partial charge in [0, 0.05) is 17.1 Å². The minimum Gasteiger partial charge on any atom is -0.246 e. The smallest absolute Gasteiger partial charge is 0.246 e. The van der Waals surface area contributed by atoms with E-state index in [-0.39, 0.29) is 5.56 Å². The largest absolute Gasteiger partial charge is 0.417 e. The summed E-state index contributed by atoms with van der Waals surface area (Å²) in [5, 5.41) is 9.77. The highest BCUT2D eigenvalue weighted by Crippen LogP contribution is 2.37. The molecule has 0 aliphatic heterocycles. The molecule has 2 heterocycles. The SMILES string of the molecule is FC(F)(F)c1ccccc1-c1csc(Cn2ccnn2)n1. The molecule has 3 rings (SSSR count). The Morgan fingerprint density at radius 2 is 2.00 bits per heavy atom. The second-order valence-corrected chi connectivity index (χ2v) is 5.21. The van der Waals surface area contributed by atoms with Gasteiger partial charge in [-0.1, -0.05) is 23.4 Å². The molecule has 0 aliphatic carbocycles. The normalized spacial score (nSPS) is 11.8. The molecule has 1 aromatic carbocycles. The first-order chi connectivity index (χ1) is 10.0. The lowest BCUT2D eigenvalue weighted by atomic mass is 10.1. The molecule has 0 aliphatic rings. The zero-order valence-corrected chi connectivity index (χ0v) is 11.4. The maximum atomic E-state index is 13.0. The predicted octanol–water partition coefficient (Wildman–Crippen LogP) is 3.47. The summed E-state index contributed by atoms with van der Waals surface area (Å²) in [6, 6.07) is 5.43. The van der Waals surface area contributed by atoms with Crippen LogP contribution in [0.5, 0.6) is 0 Å². The van der Waals surface area contributed by atoms with Gasteiger partial charge in [-0.15, -0.1) is 16.4 Å². The predicted molar refractivity (Wildman–Crippen MR) is 71.7 cm³/mol. The Kier molecular flexibility index (Phi) is 3.46. The van der Waals surface area contributed by atoms with E-state index in [9.17, 15) is 13.2 Å². The van der Waals surface area contributed by atoms with Crippen LogP contribution in [0.1, 0.15) is 10.6 Å². The number of alkyl halides is 3. The van der Waals surface area contributed by atoms with E-state index in [1.165, 1.54) is 29.7 Å². The summed E-state index contributed by atoms with van der Waals surface area (Å²) < 4.78 is 40.6. The molecule has 0 saturated carbocycles. The zero-order valence-electron chi connectivity index (χ0n) is 10.6. The van der Waals surface area contributed by atoms with Crippen molar-refractivity contribution < 1.29 is 13.2 Å². The van der Waals surface area contributed by atoms with Gasteiger partial charge < -0.3 is 0 Å². The summed E-state index contributed by atoms with van der Waals surface area (Å²) in [5.74, 6) is 0. The van der Waals surface area contributed by atoms with E-state index < -0.39 is 11.7 Å². The lowest BCUT2D eigenvalue weighted by Crippen LogP contribution is -2.07. The summed E-state index contributed by atoms with van der Waals surface area (Å²) in [6.07, 6.45) is -1.19.